The van der Waals surface area contributed by atoms with Gasteiger partial charge in [0.25, 0.3) is 0 Å². The van der Waals surface area contributed by atoms with Gasteiger partial charge in [0.15, 0.2) is 16.1 Å². The number of aromatic nitrogens is 4. The summed E-state index contributed by atoms with van der Waals surface area (Å²) in [7, 11) is 1.84. The third kappa shape index (κ3) is 3.79. The molecule has 4 aromatic rings. The van der Waals surface area contributed by atoms with Crippen LogP contribution < -0.4 is 5.32 Å². The number of aromatic hydroxyl groups is 1. The van der Waals surface area contributed by atoms with Crippen molar-refractivity contribution in [3.63, 3.8) is 0 Å². The first-order chi connectivity index (χ1) is 13.1. The average molecular weight is 397 g/mol. The van der Waals surface area contributed by atoms with E-state index in [0.717, 1.165) is 15.8 Å². The Hall–Kier alpha value is -2.91. The lowest BCUT2D eigenvalue weighted by Crippen LogP contribution is -2.14. The second-order valence-corrected chi connectivity index (χ2v) is 7.71. The Morgan fingerprint density at radius 1 is 1.19 bits per heavy atom. The zero-order chi connectivity index (χ0) is 18.8. The fraction of sp³-hybridized carbons (Fsp3) is 0.111. The van der Waals surface area contributed by atoms with Crippen LogP contribution in [0.3, 0.4) is 0 Å². The Morgan fingerprint density at radius 3 is 2.74 bits per heavy atom. The number of amides is 1. The van der Waals surface area contributed by atoms with Crippen molar-refractivity contribution in [3.05, 3.63) is 48.5 Å². The molecule has 0 fully saturated rings. The van der Waals surface area contributed by atoms with Gasteiger partial charge in [-0.3, -0.25) is 4.79 Å². The molecule has 0 saturated heterocycles. The molecule has 4 rings (SSSR count). The largest absolute Gasteiger partial charge is 0.508 e. The fourth-order valence-electron chi connectivity index (χ4n) is 2.51. The van der Waals surface area contributed by atoms with Gasteiger partial charge in [-0.15, -0.1) is 10.2 Å². The molecule has 0 atom stereocenters. The highest BCUT2D eigenvalue weighted by Crippen LogP contribution is 2.27. The molecule has 1 amide bonds. The van der Waals surface area contributed by atoms with Gasteiger partial charge in [0.1, 0.15) is 5.75 Å². The van der Waals surface area contributed by atoms with E-state index in [4.69, 9.17) is 0 Å². The van der Waals surface area contributed by atoms with Crippen molar-refractivity contribution in [1.82, 2.24) is 19.7 Å². The second-order valence-electron chi connectivity index (χ2n) is 5.74. The van der Waals surface area contributed by atoms with Crippen molar-refractivity contribution in [1.29, 1.82) is 0 Å². The molecular formula is C18H15N5O2S2. The molecule has 9 heteroatoms. The van der Waals surface area contributed by atoms with Gasteiger partial charge in [-0.25, -0.2) is 4.98 Å². The summed E-state index contributed by atoms with van der Waals surface area (Å²) in [5, 5.41) is 21.8. The van der Waals surface area contributed by atoms with Crippen LogP contribution in [0.25, 0.3) is 21.6 Å². The summed E-state index contributed by atoms with van der Waals surface area (Å²) in [5.41, 5.74) is 1.71. The number of phenolic OH excluding ortho intramolecular Hbond substituents is 1. The van der Waals surface area contributed by atoms with Crippen LogP contribution in [0.4, 0.5) is 5.13 Å². The van der Waals surface area contributed by atoms with Crippen molar-refractivity contribution < 1.29 is 9.90 Å². The summed E-state index contributed by atoms with van der Waals surface area (Å²) in [6.07, 6.45) is 0. The van der Waals surface area contributed by atoms with E-state index in [1.165, 1.54) is 23.1 Å². The number of nitrogens with one attached hydrogen (secondary N) is 1. The van der Waals surface area contributed by atoms with Gasteiger partial charge in [-0.2, -0.15) is 0 Å². The van der Waals surface area contributed by atoms with E-state index in [9.17, 15) is 9.90 Å². The van der Waals surface area contributed by atoms with Crippen LogP contribution in [0.1, 0.15) is 0 Å². The van der Waals surface area contributed by atoms with E-state index in [1.54, 1.807) is 24.3 Å². The van der Waals surface area contributed by atoms with E-state index in [2.05, 4.69) is 20.5 Å². The van der Waals surface area contributed by atoms with E-state index in [-0.39, 0.29) is 17.4 Å². The summed E-state index contributed by atoms with van der Waals surface area (Å²) in [5.74, 6) is 0.927. The number of hydrogen-bond acceptors (Lipinski definition) is 7. The molecule has 27 heavy (non-hydrogen) atoms. The first-order valence-electron chi connectivity index (χ1n) is 8.07. The molecule has 0 unspecified atom stereocenters. The first-order valence-corrected chi connectivity index (χ1v) is 9.87. The topological polar surface area (TPSA) is 92.9 Å². The number of anilines is 1. The molecular weight excluding hydrogens is 382 g/mol. The lowest BCUT2D eigenvalue weighted by atomic mass is 10.2. The highest BCUT2D eigenvalue weighted by molar-refractivity contribution is 7.99. The number of rotatable bonds is 5. The number of thiazole rings is 1. The summed E-state index contributed by atoms with van der Waals surface area (Å²) in [4.78, 5) is 16.6. The number of para-hydroxylation sites is 1. The minimum absolute atomic E-state index is 0.145. The molecule has 2 aromatic carbocycles. The van der Waals surface area contributed by atoms with Gasteiger partial charge in [-0.1, -0.05) is 35.2 Å². The summed E-state index contributed by atoms with van der Waals surface area (Å²) < 4.78 is 2.86. The number of phenols is 1. The normalized spacial score (nSPS) is 11.0. The van der Waals surface area contributed by atoms with E-state index >= 15 is 0 Å². The molecule has 0 aliphatic rings. The Bertz CT molecular complexity index is 1070. The number of carbonyl (C=O) groups is 1. The number of benzene rings is 2. The summed E-state index contributed by atoms with van der Waals surface area (Å²) in [6, 6.07) is 14.5. The zero-order valence-electron chi connectivity index (χ0n) is 14.3. The SMILES string of the molecule is Cn1c(SCC(=O)Nc2nc3ccccc3s2)nnc1-c1ccc(O)cc1. The second kappa shape index (κ2) is 7.37. The lowest BCUT2D eigenvalue weighted by Gasteiger charge is -2.04. The predicted octanol–water partition coefficient (Wildman–Crippen LogP) is 3.53. The van der Waals surface area contributed by atoms with Crippen molar-refractivity contribution in [3.8, 4) is 17.1 Å². The molecule has 0 spiro atoms. The van der Waals surface area contributed by atoms with Gasteiger partial charge in [0.2, 0.25) is 5.91 Å². The first kappa shape index (κ1) is 17.5. The number of carbonyl (C=O) groups excluding carboxylic acids is 1. The van der Waals surface area contributed by atoms with Crippen LogP contribution >= 0.6 is 23.1 Å². The minimum atomic E-state index is -0.145. The van der Waals surface area contributed by atoms with Crippen molar-refractivity contribution >= 4 is 44.4 Å². The molecule has 0 radical (unpaired) electrons. The zero-order valence-corrected chi connectivity index (χ0v) is 15.9. The fourth-order valence-corrected chi connectivity index (χ4v) is 4.11. The summed E-state index contributed by atoms with van der Waals surface area (Å²) >= 11 is 2.75. The predicted molar refractivity (Wildman–Crippen MR) is 107 cm³/mol. The van der Waals surface area contributed by atoms with E-state index in [1.807, 2.05) is 35.9 Å². The van der Waals surface area contributed by atoms with Crippen LogP contribution in [0.2, 0.25) is 0 Å². The molecule has 2 heterocycles. The van der Waals surface area contributed by atoms with Gasteiger partial charge >= 0.3 is 0 Å². The maximum absolute atomic E-state index is 12.2. The quantitative estimate of drug-likeness (QED) is 0.501. The Balaban J connectivity index is 1.41. The molecule has 136 valence electrons. The van der Waals surface area contributed by atoms with Crippen LogP contribution in [0.15, 0.2) is 53.7 Å². The van der Waals surface area contributed by atoms with Crippen LogP contribution in [0, 0.1) is 0 Å². The van der Waals surface area contributed by atoms with Gasteiger partial charge in [0.05, 0.1) is 16.0 Å². The Morgan fingerprint density at radius 2 is 1.96 bits per heavy atom. The molecule has 2 N–H and O–H groups in total. The monoisotopic (exact) mass is 397 g/mol. The van der Waals surface area contributed by atoms with Crippen molar-refractivity contribution in [2.75, 3.05) is 11.1 Å². The van der Waals surface area contributed by atoms with Crippen molar-refractivity contribution in [2.24, 2.45) is 7.05 Å². The molecule has 0 saturated carbocycles. The Labute approximate surface area is 163 Å². The van der Waals surface area contributed by atoms with Crippen LogP contribution in [-0.4, -0.2) is 36.5 Å². The smallest absolute Gasteiger partial charge is 0.236 e. The molecule has 0 aliphatic carbocycles. The number of hydrogen-bond donors (Lipinski definition) is 2. The number of nitrogens with zero attached hydrogens (tertiary/aromatic N) is 4. The average Bonchev–Trinajstić information content (AvgIpc) is 3.23. The third-order valence-corrected chi connectivity index (χ3v) is 5.81. The highest BCUT2D eigenvalue weighted by atomic mass is 32.2. The standard InChI is InChI=1S/C18H15N5O2S2/c1-23-16(11-6-8-12(24)9-7-11)21-22-18(23)26-10-15(25)20-17-19-13-4-2-3-5-14(13)27-17/h2-9,24H,10H2,1H3,(H,19,20,25). The van der Waals surface area contributed by atoms with Gasteiger partial charge in [-0.05, 0) is 36.4 Å². The lowest BCUT2D eigenvalue weighted by molar-refractivity contribution is -0.113. The number of thioether (sulfide) groups is 1. The van der Waals surface area contributed by atoms with Crippen LogP contribution in [-0.2, 0) is 11.8 Å². The van der Waals surface area contributed by atoms with Gasteiger partial charge in [0, 0.05) is 12.6 Å². The number of fused-ring (bicyclic) bond motifs is 1. The maximum atomic E-state index is 12.2. The van der Waals surface area contributed by atoms with E-state index < -0.39 is 0 Å². The Kier molecular flexibility index (Phi) is 4.78. The van der Waals surface area contributed by atoms with Crippen molar-refractivity contribution in [2.45, 2.75) is 5.16 Å². The molecule has 0 aliphatic heterocycles. The maximum Gasteiger partial charge on any atom is 0.236 e. The molecule has 2 aromatic heterocycles. The molecule has 0 bridgehead atoms. The minimum Gasteiger partial charge on any atom is -0.508 e. The van der Waals surface area contributed by atoms with Crippen LogP contribution in [0.5, 0.6) is 5.75 Å². The molecule has 7 nitrogen and oxygen atoms in total. The van der Waals surface area contributed by atoms with E-state index in [0.29, 0.717) is 16.1 Å². The third-order valence-electron chi connectivity index (χ3n) is 3.83. The highest BCUT2D eigenvalue weighted by Gasteiger charge is 2.14. The summed E-state index contributed by atoms with van der Waals surface area (Å²) in [6.45, 7) is 0. The van der Waals surface area contributed by atoms with Gasteiger partial charge < -0.3 is 15.0 Å².